The minimum atomic E-state index is -1.05. The Bertz CT molecular complexity index is 648. The third-order valence-electron chi connectivity index (χ3n) is 6.16. The number of amides is 4. The van der Waals surface area contributed by atoms with Gasteiger partial charge in [-0.25, -0.2) is 4.79 Å². The molecule has 27 heavy (non-hydrogen) atoms. The lowest BCUT2D eigenvalue weighted by molar-refractivity contribution is -0.182. The van der Waals surface area contributed by atoms with Crippen LogP contribution in [0.3, 0.4) is 0 Å². The number of imide groups is 1. The van der Waals surface area contributed by atoms with E-state index in [9.17, 15) is 19.2 Å². The summed E-state index contributed by atoms with van der Waals surface area (Å²) >= 11 is 0. The lowest BCUT2D eigenvalue weighted by Crippen LogP contribution is -2.65. The minimum Gasteiger partial charge on any atom is -0.452 e. The fourth-order valence-corrected chi connectivity index (χ4v) is 5.78. The zero-order valence-corrected chi connectivity index (χ0v) is 16.2. The lowest BCUT2D eigenvalue weighted by atomic mass is 9.47. The van der Waals surface area contributed by atoms with Crippen LogP contribution in [0.15, 0.2) is 0 Å². The number of carbonyl (C=O) groups is 4. The first-order chi connectivity index (χ1) is 12.7. The second-order valence-corrected chi connectivity index (χ2v) is 8.60. The fourth-order valence-electron chi connectivity index (χ4n) is 5.78. The van der Waals surface area contributed by atoms with E-state index < -0.39 is 23.5 Å². The number of carbonyl (C=O) groups excluding carboxylic acids is 4. The molecule has 8 nitrogen and oxygen atoms in total. The standard InChI is InChI=1S/C19H29N3O5/c1-4-20-17(26)21-15(24)11(2)27-16(25)18-6-13-5-14(7-18)9-19(8-13,10-18)22-12(3)23/h11,13-14H,4-10H2,1-3H3,(H,22,23)(H2,20,21,24,26). The van der Waals surface area contributed by atoms with Crippen molar-refractivity contribution < 1.29 is 23.9 Å². The molecule has 4 bridgehead atoms. The van der Waals surface area contributed by atoms with Gasteiger partial charge in [-0.2, -0.15) is 0 Å². The number of urea groups is 1. The van der Waals surface area contributed by atoms with Gasteiger partial charge >= 0.3 is 12.0 Å². The van der Waals surface area contributed by atoms with Gasteiger partial charge in [-0.3, -0.25) is 19.7 Å². The van der Waals surface area contributed by atoms with Crippen molar-refractivity contribution in [3.8, 4) is 0 Å². The summed E-state index contributed by atoms with van der Waals surface area (Å²) in [5, 5.41) is 7.74. The van der Waals surface area contributed by atoms with Crippen molar-refractivity contribution in [2.75, 3.05) is 6.54 Å². The molecule has 3 N–H and O–H groups in total. The second-order valence-electron chi connectivity index (χ2n) is 8.60. The first-order valence-electron chi connectivity index (χ1n) is 9.75. The number of nitrogens with one attached hydrogen (secondary N) is 3. The summed E-state index contributed by atoms with van der Waals surface area (Å²) in [4.78, 5) is 48.3. The molecule has 4 aliphatic rings. The van der Waals surface area contributed by atoms with Crippen LogP contribution in [-0.2, 0) is 19.1 Å². The van der Waals surface area contributed by atoms with Crippen molar-refractivity contribution in [1.82, 2.24) is 16.0 Å². The molecular weight excluding hydrogens is 350 g/mol. The Balaban J connectivity index is 1.68. The maximum absolute atomic E-state index is 13.0. The Labute approximate surface area is 159 Å². The van der Waals surface area contributed by atoms with E-state index in [4.69, 9.17) is 4.74 Å². The Morgan fingerprint density at radius 3 is 2.30 bits per heavy atom. The van der Waals surface area contributed by atoms with Crippen LogP contribution in [0.25, 0.3) is 0 Å². The highest BCUT2D eigenvalue weighted by atomic mass is 16.5. The average Bonchev–Trinajstić information content (AvgIpc) is 2.52. The van der Waals surface area contributed by atoms with Crippen molar-refractivity contribution in [1.29, 1.82) is 0 Å². The van der Waals surface area contributed by atoms with E-state index in [0.717, 1.165) is 32.1 Å². The van der Waals surface area contributed by atoms with Crippen LogP contribution in [0.2, 0.25) is 0 Å². The Morgan fingerprint density at radius 2 is 1.74 bits per heavy atom. The normalized spacial score (nSPS) is 34.5. The van der Waals surface area contributed by atoms with Crippen LogP contribution >= 0.6 is 0 Å². The Kier molecular flexibility index (Phi) is 5.18. The molecular formula is C19H29N3O5. The number of hydrogen-bond donors (Lipinski definition) is 3. The summed E-state index contributed by atoms with van der Waals surface area (Å²) in [7, 11) is 0. The average molecular weight is 379 g/mol. The van der Waals surface area contributed by atoms with Crippen LogP contribution in [0, 0.1) is 17.3 Å². The van der Waals surface area contributed by atoms with E-state index in [1.807, 2.05) is 0 Å². The summed E-state index contributed by atoms with van der Waals surface area (Å²) < 4.78 is 5.48. The highest BCUT2D eigenvalue weighted by molar-refractivity contribution is 5.97. The summed E-state index contributed by atoms with van der Waals surface area (Å²) in [5.74, 6) is -0.314. The molecule has 4 saturated carbocycles. The summed E-state index contributed by atoms with van der Waals surface area (Å²) in [6.07, 6.45) is 3.91. The first-order valence-corrected chi connectivity index (χ1v) is 9.75. The predicted octanol–water partition coefficient (Wildman–Crippen LogP) is 1.24. The van der Waals surface area contributed by atoms with E-state index in [1.165, 1.54) is 13.8 Å². The molecule has 4 aliphatic carbocycles. The molecule has 3 atom stereocenters. The molecule has 0 spiro atoms. The molecule has 0 aromatic heterocycles. The molecule has 4 rings (SSSR count). The van der Waals surface area contributed by atoms with Gasteiger partial charge in [-0.1, -0.05) is 0 Å². The molecule has 0 aromatic carbocycles. The number of hydrogen-bond acceptors (Lipinski definition) is 5. The maximum atomic E-state index is 13.0. The fraction of sp³-hybridized carbons (Fsp3) is 0.789. The minimum absolute atomic E-state index is 0.0739. The monoisotopic (exact) mass is 379 g/mol. The van der Waals surface area contributed by atoms with Gasteiger partial charge in [0.2, 0.25) is 5.91 Å². The van der Waals surface area contributed by atoms with Gasteiger partial charge in [0, 0.05) is 19.0 Å². The maximum Gasteiger partial charge on any atom is 0.321 e. The molecule has 0 radical (unpaired) electrons. The number of esters is 1. The van der Waals surface area contributed by atoms with Gasteiger partial charge in [0.15, 0.2) is 6.10 Å². The van der Waals surface area contributed by atoms with Crippen molar-refractivity contribution in [2.24, 2.45) is 17.3 Å². The molecule has 0 saturated heterocycles. The molecule has 0 heterocycles. The Morgan fingerprint density at radius 1 is 1.11 bits per heavy atom. The number of ether oxygens (including phenoxy) is 1. The zero-order valence-electron chi connectivity index (χ0n) is 16.2. The van der Waals surface area contributed by atoms with Crippen LogP contribution in [0.1, 0.15) is 59.3 Å². The van der Waals surface area contributed by atoms with Gasteiger partial charge in [0.05, 0.1) is 5.41 Å². The quantitative estimate of drug-likeness (QED) is 0.622. The second kappa shape index (κ2) is 7.13. The van der Waals surface area contributed by atoms with Gasteiger partial charge in [0.1, 0.15) is 0 Å². The first kappa shape index (κ1) is 19.6. The van der Waals surface area contributed by atoms with Crippen LogP contribution in [0.4, 0.5) is 4.79 Å². The largest absolute Gasteiger partial charge is 0.452 e. The third-order valence-corrected chi connectivity index (χ3v) is 6.16. The Hall–Kier alpha value is -2.12. The van der Waals surface area contributed by atoms with Gasteiger partial charge in [-0.05, 0) is 64.2 Å². The smallest absolute Gasteiger partial charge is 0.321 e. The molecule has 4 fully saturated rings. The highest BCUT2D eigenvalue weighted by Crippen LogP contribution is 2.62. The predicted molar refractivity (Wildman–Crippen MR) is 96.4 cm³/mol. The molecule has 0 aromatic rings. The third kappa shape index (κ3) is 3.94. The highest BCUT2D eigenvalue weighted by Gasteiger charge is 2.61. The molecule has 150 valence electrons. The van der Waals surface area contributed by atoms with Crippen LogP contribution < -0.4 is 16.0 Å². The summed E-state index contributed by atoms with van der Waals surface area (Å²) in [6.45, 7) is 5.11. The van der Waals surface area contributed by atoms with E-state index >= 15 is 0 Å². The topological polar surface area (TPSA) is 114 Å². The van der Waals surface area contributed by atoms with E-state index in [-0.39, 0.29) is 17.4 Å². The molecule has 0 aliphatic heterocycles. The van der Waals surface area contributed by atoms with Crippen LogP contribution in [0.5, 0.6) is 0 Å². The summed E-state index contributed by atoms with van der Waals surface area (Å²) in [5.41, 5.74) is -0.978. The van der Waals surface area contributed by atoms with Crippen molar-refractivity contribution >= 4 is 23.8 Å². The molecule has 3 unspecified atom stereocenters. The van der Waals surface area contributed by atoms with Crippen molar-refractivity contribution in [2.45, 2.75) is 70.9 Å². The van der Waals surface area contributed by atoms with E-state index in [0.29, 0.717) is 24.8 Å². The number of rotatable bonds is 5. The van der Waals surface area contributed by atoms with Crippen LogP contribution in [-0.4, -0.2) is 42.0 Å². The summed E-state index contributed by atoms with van der Waals surface area (Å²) in [6, 6.07) is -0.607. The molecule has 4 amide bonds. The van der Waals surface area contributed by atoms with E-state index in [2.05, 4.69) is 16.0 Å². The van der Waals surface area contributed by atoms with Gasteiger partial charge in [-0.15, -0.1) is 0 Å². The lowest BCUT2D eigenvalue weighted by Gasteiger charge is -2.60. The van der Waals surface area contributed by atoms with E-state index in [1.54, 1.807) is 6.92 Å². The van der Waals surface area contributed by atoms with Crippen molar-refractivity contribution in [3.63, 3.8) is 0 Å². The SMILES string of the molecule is CCNC(=O)NC(=O)C(C)OC(=O)C12CC3CC(CC(NC(C)=O)(C3)C1)C2. The zero-order chi connectivity index (χ0) is 19.8. The van der Waals surface area contributed by atoms with Gasteiger partial charge < -0.3 is 15.4 Å². The van der Waals surface area contributed by atoms with Gasteiger partial charge in [0.25, 0.3) is 5.91 Å². The molecule has 8 heteroatoms. The van der Waals surface area contributed by atoms with Crippen molar-refractivity contribution in [3.05, 3.63) is 0 Å².